The van der Waals surface area contributed by atoms with Gasteiger partial charge in [-0.25, -0.2) is 0 Å². The Morgan fingerprint density at radius 1 is 1.06 bits per heavy atom. The van der Waals surface area contributed by atoms with E-state index < -0.39 is 0 Å². The molecule has 0 amide bonds. The number of unbranched alkanes of at least 4 members (excludes halogenated alkanes) is 1. The van der Waals surface area contributed by atoms with Gasteiger partial charge in [0, 0.05) is 24.2 Å². The SMILES string of the molecule is C=C/C(=C\CC(C)(CC#Cc1ccc(C)cc1)CCC(=C)NCCC)CCCC/C(C=C(C)C)=C/C. The van der Waals surface area contributed by atoms with Crippen LogP contribution in [0.25, 0.3) is 0 Å². The van der Waals surface area contributed by atoms with E-state index >= 15 is 0 Å². The fourth-order valence-electron chi connectivity index (χ4n) is 4.10. The minimum absolute atomic E-state index is 0.102. The quantitative estimate of drug-likeness (QED) is 0.139. The molecule has 36 heavy (non-hydrogen) atoms. The third-order valence-electron chi connectivity index (χ3n) is 6.60. The van der Waals surface area contributed by atoms with Gasteiger partial charge < -0.3 is 5.32 Å². The maximum Gasteiger partial charge on any atom is 0.0245 e. The second-order valence-corrected chi connectivity index (χ2v) is 10.7. The molecule has 0 heterocycles. The topological polar surface area (TPSA) is 12.0 Å². The van der Waals surface area contributed by atoms with Crippen molar-refractivity contribution in [2.45, 2.75) is 99.3 Å². The Hall–Kier alpha value is -2.72. The highest BCUT2D eigenvalue weighted by atomic mass is 14.9. The Morgan fingerprint density at radius 2 is 1.72 bits per heavy atom. The fourth-order valence-corrected chi connectivity index (χ4v) is 4.10. The number of aryl methyl sites for hydroxylation is 1. The third kappa shape index (κ3) is 14.0. The van der Waals surface area contributed by atoms with Gasteiger partial charge in [-0.3, -0.25) is 0 Å². The molecular weight excluding hydrogens is 434 g/mol. The number of hydrogen-bond donors (Lipinski definition) is 1. The van der Waals surface area contributed by atoms with Gasteiger partial charge >= 0.3 is 0 Å². The van der Waals surface area contributed by atoms with Gasteiger partial charge in [-0.2, -0.15) is 0 Å². The van der Waals surface area contributed by atoms with Crippen molar-refractivity contribution in [1.82, 2.24) is 5.32 Å². The van der Waals surface area contributed by atoms with Gasteiger partial charge in [0.2, 0.25) is 0 Å². The Morgan fingerprint density at radius 3 is 2.31 bits per heavy atom. The molecule has 0 aliphatic rings. The summed E-state index contributed by atoms with van der Waals surface area (Å²) in [4.78, 5) is 0. The summed E-state index contributed by atoms with van der Waals surface area (Å²) in [7, 11) is 0. The summed E-state index contributed by atoms with van der Waals surface area (Å²) in [6, 6.07) is 8.49. The number of allylic oxidation sites excluding steroid dienone is 8. The average Bonchev–Trinajstić information content (AvgIpc) is 2.86. The fraction of sp³-hybridized carbons (Fsp3) is 0.486. The van der Waals surface area contributed by atoms with Crippen LogP contribution in [-0.2, 0) is 0 Å². The predicted molar refractivity (Wildman–Crippen MR) is 162 cm³/mol. The van der Waals surface area contributed by atoms with Crippen molar-refractivity contribution in [1.29, 1.82) is 0 Å². The van der Waals surface area contributed by atoms with Crippen molar-refractivity contribution in [3.63, 3.8) is 0 Å². The molecule has 0 aliphatic heterocycles. The Balaban J connectivity index is 2.82. The Labute approximate surface area is 223 Å². The van der Waals surface area contributed by atoms with Crippen molar-refractivity contribution in [3.05, 3.63) is 95.3 Å². The van der Waals surface area contributed by atoms with E-state index in [9.17, 15) is 0 Å². The summed E-state index contributed by atoms with van der Waals surface area (Å²) in [6.07, 6.45) is 18.7. The molecule has 0 radical (unpaired) electrons. The maximum atomic E-state index is 4.24. The number of benzene rings is 1. The van der Waals surface area contributed by atoms with Gasteiger partial charge in [-0.05, 0) is 96.6 Å². The van der Waals surface area contributed by atoms with Crippen LogP contribution in [0, 0.1) is 24.2 Å². The van der Waals surface area contributed by atoms with Crippen molar-refractivity contribution in [3.8, 4) is 11.8 Å². The standard InChI is InChI=1S/C35H51N/c1-9-27-36-31(7)22-25-35(8,24-14-17-34-20-18-30(6)19-21-34)26-23-32(10-2)15-12-13-16-33(11-3)28-29(4)5/h10-11,18-21,23,28,36H,2,7,9,12-13,15-16,22,24-27H2,1,3-6,8H3/b32-23+,33-11-. The third-order valence-corrected chi connectivity index (χ3v) is 6.60. The van der Waals surface area contributed by atoms with Gasteiger partial charge in [-0.15, -0.1) is 0 Å². The molecule has 0 aliphatic carbocycles. The first-order valence-corrected chi connectivity index (χ1v) is 13.8. The van der Waals surface area contributed by atoms with Gasteiger partial charge in [0.25, 0.3) is 0 Å². The lowest BCUT2D eigenvalue weighted by Gasteiger charge is -2.27. The van der Waals surface area contributed by atoms with Crippen LogP contribution in [-0.4, -0.2) is 6.54 Å². The molecule has 0 fully saturated rings. The molecule has 1 N–H and O–H groups in total. The lowest BCUT2D eigenvalue weighted by Crippen LogP contribution is -2.19. The summed E-state index contributed by atoms with van der Waals surface area (Å²) in [5.41, 5.74) is 7.77. The molecule has 0 spiro atoms. The lowest BCUT2D eigenvalue weighted by atomic mass is 9.78. The molecule has 0 saturated carbocycles. The summed E-state index contributed by atoms with van der Waals surface area (Å²) in [5, 5.41) is 3.46. The largest absolute Gasteiger partial charge is 0.389 e. The number of nitrogens with one attached hydrogen (secondary N) is 1. The highest BCUT2D eigenvalue weighted by Gasteiger charge is 2.22. The van der Waals surface area contributed by atoms with Crippen LogP contribution in [0.15, 0.2) is 84.1 Å². The highest BCUT2D eigenvalue weighted by molar-refractivity contribution is 5.36. The molecule has 1 aromatic rings. The zero-order valence-corrected chi connectivity index (χ0v) is 24.1. The molecule has 0 bridgehead atoms. The van der Waals surface area contributed by atoms with Crippen LogP contribution in [0.3, 0.4) is 0 Å². The summed E-state index contributed by atoms with van der Waals surface area (Å²) >= 11 is 0. The molecule has 0 saturated heterocycles. The molecule has 1 unspecified atom stereocenters. The van der Waals surface area contributed by atoms with E-state index in [2.05, 4.69) is 114 Å². The Kier molecular flexibility index (Phi) is 15.4. The minimum atomic E-state index is 0.102. The van der Waals surface area contributed by atoms with Crippen LogP contribution >= 0.6 is 0 Å². The van der Waals surface area contributed by atoms with Crippen LogP contribution < -0.4 is 5.32 Å². The van der Waals surface area contributed by atoms with Crippen LogP contribution in [0.1, 0.15) is 104 Å². The Bertz CT molecular complexity index is 954. The molecule has 1 aromatic carbocycles. The molecule has 1 nitrogen and oxygen atoms in total. The van der Waals surface area contributed by atoms with E-state index in [1.54, 1.807) is 0 Å². The van der Waals surface area contributed by atoms with Gasteiger partial charge in [0.15, 0.2) is 0 Å². The first kappa shape index (κ1) is 31.3. The smallest absolute Gasteiger partial charge is 0.0245 e. The van der Waals surface area contributed by atoms with Gasteiger partial charge in [0.05, 0.1) is 0 Å². The first-order valence-electron chi connectivity index (χ1n) is 13.8. The predicted octanol–water partition coefficient (Wildman–Crippen LogP) is 10.0. The zero-order chi connectivity index (χ0) is 26.8. The molecule has 196 valence electrons. The van der Waals surface area contributed by atoms with E-state index in [-0.39, 0.29) is 5.41 Å². The van der Waals surface area contributed by atoms with Crippen molar-refractivity contribution < 1.29 is 0 Å². The maximum absolute atomic E-state index is 4.24. The van der Waals surface area contributed by atoms with Gasteiger partial charge in [0.1, 0.15) is 0 Å². The van der Waals surface area contributed by atoms with E-state index in [4.69, 9.17) is 0 Å². The monoisotopic (exact) mass is 485 g/mol. The summed E-state index contributed by atoms with van der Waals surface area (Å²) in [5.74, 6) is 6.87. The number of hydrogen-bond acceptors (Lipinski definition) is 1. The van der Waals surface area contributed by atoms with Gasteiger partial charge in [-0.1, -0.05) is 97.6 Å². The lowest BCUT2D eigenvalue weighted by molar-refractivity contribution is 0.306. The summed E-state index contributed by atoms with van der Waals surface area (Å²) in [6.45, 7) is 22.5. The van der Waals surface area contributed by atoms with Crippen LogP contribution in [0.5, 0.6) is 0 Å². The van der Waals surface area contributed by atoms with E-state index in [0.29, 0.717) is 0 Å². The second kappa shape index (κ2) is 17.7. The van der Waals surface area contributed by atoms with Crippen molar-refractivity contribution in [2.75, 3.05) is 6.54 Å². The highest BCUT2D eigenvalue weighted by Crippen LogP contribution is 2.34. The summed E-state index contributed by atoms with van der Waals surface area (Å²) < 4.78 is 0. The number of rotatable bonds is 16. The molecule has 1 heteroatoms. The molecular formula is C35H51N. The zero-order valence-electron chi connectivity index (χ0n) is 24.1. The van der Waals surface area contributed by atoms with Crippen LogP contribution in [0.2, 0.25) is 0 Å². The molecule has 1 rings (SSSR count). The molecule has 0 aromatic heterocycles. The van der Waals surface area contributed by atoms with E-state index in [1.807, 2.05) is 6.08 Å². The first-order chi connectivity index (χ1) is 17.2. The molecule has 1 atom stereocenters. The van der Waals surface area contributed by atoms with Crippen molar-refractivity contribution >= 4 is 0 Å². The van der Waals surface area contributed by atoms with E-state index in [0.717, 1.165) is 62.8 Å². The van der Waals surface area contributed by atoms with E-state index in [1.165, 1.54) is 35.1 Å². The normalized spacial score (nSPS) is 13.3. The average molecular weight is 486 g/mol. The second-order valence-electron chi connectivity index (χ2n) is 10.7. The van der Waals surface area contributed by atoms with Crippen LogP contribution in [0.4, 0.5) is 0 Å². The van der Waals surface area contributed by atoms with Crippen molar-refractivity contribution in [2.24, 2.45) is 5.41 Å². The minimum Gasteiger partial charge on any atom is -0.389 e.